The molecule has 0 fully saturated rings. The molecule has 0 aliphatic rings. The van der Waals surface area contributed by atoms with E-state index in [4.69, 9.17) is 4.98 Å². The second-order valence-electron chi connectivity index (χ2n) is 18.3. The Morgan fingerprint density at radius 2 is 0.721 bits per heavy atom. The van der Waals surface area contributed by atoms with Crippen LogP contribution in [0, 0.1) is 39.0 Å². The third-order valence-electron chi connectivity index (χ3n) is 13.6. The molecule has 0 atom stereocenters. The van der Waals surface area contributed by atoms with Crippen molar-refractivity contribution in [2.45, 2.75) is 27.7 Å². The van der Waals surface area contributed by atoms with Gasteiger partial charge in [-0.3, -0.25) is 4.57 Å². The molecule has 0 bridgehead atoms. The topological polar surface area (TPSA) is 46.5 Å². The number of nitriles is 1. The average molecular weight is 871 g/mol. The number of benzene rings is 9. The van der Waals surface area contributed by atoms with Gasteiger partial charge in [0.1, 0.15) is 5.82 Å². The molecule has 322 valence electrons. The molecule has 0 amide bonds. The van der Waals surface area contributed by atoms with Crippen molar-refractivity contribution < 1.29 is 0 Å². The largest absolute Gasteiger partial charge is 0.307 e. The predicted molar refractivity (Wildman–Crippen MR) is 284 cm³/mol. The lowest BCUT2D eigenvalue weighted by molar-refractivity contribution is 1.06. The van der Waals surface area contributed by atoms with Gasteiger partial charge in [-0.25, -0.2) is 4.98 Å². The average Bonchev–Trinajstić information content (AvgIpc) is 3.87. The summed E-state index contributed by atoms with van der Waals surface area (Å²) in [4.78, 5) is 5.43. The minimum Gasteiger partial charge on any atom is -0.307 e. The van der Waals surface area contributed by atoms with Gasteiger partial charge >= 0.3 is 0 Å². The highest BCUT2D eigenvalue weighted by atomic mass is 15.1. The van der Waals surface area contributed by atoms with E-state index in [9.17, 15) is 5.26 Å². The highest BCUT2D eigenvalue weighted by molar-refractivity contribution is 6.13. The first kappa shape index (κ1) is 40.7. The zero-order valence-electron chi connectivity index (χ0n) is 38.4. The summed E-state index contributed by atoms with van der Waals surface area (Å²) in [5.74, 6) is 0.771. The second-order valence-corrected chi connectivity index (χ2v) is 18.3. The van der Waals surface area contributed by atoms with Crippen LogP contribution in [0.2, 0.25) is 0 Å². The maximum absolute atomic E-state index is 10.7. The van der Waals surface area contributed by atoms with Crippen LogP contribution in [0.3, 0.4) is 0 Å². The molecule has 3 heterocycles. The van der Waals surface area contributed by atoms with Gasteiger partial charge in [-0.15, -0.1) is 0 Å². The predicted octanol–water partition coefficient (Wildman–Crippen LogP) is 16.7. The number of aryl methyl sites for hydroxylation is 4. The molecule has 0 saturated heterocycles. The lowest BCUT2D eigenvalue weighted by atomic mass is 9.99. The van der Waals surface area contributed by atoms with E-state index in [2.05, 4.69) is 225 Å². The molecule has 3 aromatic heterocycles. The van der Waals surface area contributed by atoms with Gasteiger partial charge in [0.05, 0.1) is 45.6 Å². The van der Waals surface area contributed by atoms with Gasteiger partial charge in [-0.05, 0) is 133 Å². The maximum atomic E-state index is 10.7. The van der Waals surface area contributed by atoms with Crippen LogP contribution in [0.25, 0.3) is 111 Å². The normalized spacial score (nSPS) is 11.5. The summed E-state index contributed by atoms with van der Waals surface area (Å²) >= 11 is 0. The van der Waals surface area contributed by atoms with Gasteiger partial charge in [0.15, 0.2) is 0 Å². The fourth-order valence-corrected chi connectivity index (χ4v) is 10.3. The first-order valence-corrected chi connectivity index (χ1v) is 23.2. The minimum atomic E-state index is 0.600. The molecule has 4 nitrogen and oxygen atoms in total. The van der Waals surface area contributed by atoms with Crippen LogP contribution in [-0.2, 0) is 0 Å². The van der Waals surface area contributed by atoms with Crippen molar-refractivity contribution in [3.05, 3.63) is 234 Å². The number of hydrogen-bond donors (Lipinski definition) is 0. The molecule has 12 aromatic rings. The van der Waals surface area contributed by atoms with Crippen molar-refractivity contribution in [3.63, 3.8) is 0 Å². The summed E-state index contributed by atoms with van der Waals surface area (Å²) in [6.07, 6.45) is 2.01. The maximum Gasteiger partial charge on any atom is 0.138 e. The molecule has 68 heavy (non-hydrogen) atoms. The van der Waals surface area contributed by atoms with E-state index < -0.39 is 0 Å². The van der Waals surface area contributed by atoms with E-state index in [-0.39, 0.29) is 0 Å². The van der Waals surface area contributed by atoms with Gasteiger partial charge in [0.25, 0.3) is 0 Å². The number of hydrogen-bond acceptors (Lipinski definition) is 2. The minimum absolute atomic E-state index is 0.600. The molecule has 0 saturated carbocycles. The monoisotopic (exact) mass is 870 g/mol. The number of aromatic nitrogens is 3. The Morgan fingerprint density at radius 3 is 1.10 bits per heavy atom. The van der Waals surface area contributed by atoms with E-state index >= 15 is 0 Å². The molecular weight excluding hydrogens is 825 g/mol. The van der Waals surface area contributed by atoms with Crippen LogP contribution in [-0.4, -0.2) is 14.1 Å². The van der Waals surface area contributed by atoms with Crippen molar-refractivity contribution >= 4 is 43.6 Å². The summed E-state index contributed by atoms with van der Waals surface area (Å²) in [6.45, 7) is 8.57. The van der Waals surface area contributed by atoms with Crippen molar-refractivity contribution in [2.24, 2.45) is 0 Å². The van der Waals surface area contributed by atoms with Crippen LogP contribution >= 0.6 is 0 Å². The molecule has 0 spiro atoms. The van der Waals surface area contributed by atoms with Gasteiger partial charge in [0.2, 0.25) is 0 Å². The molecule has 0 aliphatic carbocycles. The molecule has 0 radical (unpaired) electrons. The van der Waals surface area contributed by atoms with Gasteiger partial charge < -0.3 is 4.57 Å². The van der Waals surface area contributed by atoms with Crippen molar-refractivity contribution in [1.82, 2.24) is 14.1 Å². The zero-order chi connectivity index (χ0) is 46.0. The number of fused-ring (bicyclic) bond motifs is 6. The molecule has 0 N–H and O–H groups in total. The molecule has 12 rings (SSSR count). The van der Waals surface area contributed by atoms with Crippen molar-refractivity contribution in [3.8, 4) is 73.2 Å². The molecule has 4 heteroatoms. The smallest absolute Gasteiger partial charge is 0.138 e. The number of pyridine rings is 1. The molecular formula is C64H46N4. The third kappa shape index (κ3) is 6.96. The fraction of sp³-hybridized carbons (Fsp3) is 0.0625. The summed E-state index contributed by atoms with van der Waals surface area (Å²) < 4.78 is 4.64. The van der Waals surface area contributed by atoms with Gasteiger partial charge in [-0.1, -0.05) is 162 Å². The van der Waals surface area contributed by atoms with Gasteiger partial charge in [0, 0.05) is 32.7 Å². The highest BCUT2D eigenvalue weighted by Gasteiger charge is 2.22. The van der Waals surface area contributed by atoms with Gasteiger partial charge in [-0.2, -0.15) is 5.26 Å². The van der Waals surface area contributed by atoms with Crippen LogP contribution in [0.5, 0.6) is 0 Å². The summed E-state index contributed by atoms with van der Waals surface area (Å²) in [5.41, 5.74) is 21.8. The Kier molecular flexibility index (Phi) is 9.74. The van der Waals surface area contributed by atoms with E-state index in [0.717, 1.165) is 88.5 Å². The quantitative estimate of drug-likeness (QED) is 0.160. The molecule has 0 aliphatic heterocycles. The Bertz CT molecular complexity index is 3840. The van der Waals surface area contributed by atoms with Crippen molar-refractivity contribution in [2.75, 3.05) is 0 Å². The lowest BCUT2D eigenvalue weighted by Crippen LogP contribution is -2.04. The van der Waals surface area contributed by atoms with Crippen LogP contribution in [0.4, 0.5) is 0 Å². The van der Waals surface area contributed by atoms with Crippen LogP contribution in [0.1, 0.15) is 27.8 Å². The summed E-state index contributed by atoms with van der Waals surface area (Å²) in [5, 5.41) is 15.3. The Hall–Kier alpha value is -8.78. The Balaban J connectivity index is 1.13. The second kappa shape index (κ2) is 16.3. The van der Waals surface area contributed by atoms with Crippen LogP contribution < -0.4 is 0 Å². The molecule has 9 aromatic carbocycles. The highest BCUT2D eigenvalue weighted by Crippen LogP contribution is 2.43. The molecule has 0 unspecified atom stereocenters. The Labute approximate surface area is 396 Å². The fourth-order valence-electron chi connectivity index (χ4n) is 10.3. The Morgan fingerprint density at radius 1 is 0.353 bits per heavy atom. The summed E-state index contributed by atoms with van der Waals surface area (Å²) in [6, 6.07) is 74.7. The first-order chi connectivity index (χ1) is 33.3. The SMILES string of the molecule is Cc1cccc(-c2ccc3c(c2)c2cc(-c4cccc(C)c4)ccc2n3-c2cc(-c3ccccc3C#N)c(-n3c4ccc(-c5cccc(C)c5)cc4c4cc(-c5cccc(C)c5)ccc43)cn2)c1. The number of nitrogens with zero attached hydrogens (tertiary/aromatic N) is 4. The lowest BCUT2D eigenvalue weighted by Gasteiger charge is -2.17. The van der Waals surface area contributed by atoms with E-state index in [1.54, 1.807) is 0 Å². The van der Waals surface area contributed by atoms with E-state index in [0.29, 0.717) is 5.56 Å². The van der Waals surface area contributed by atoms with Crippen molar-refractivity contribution in [1.29, 1.82) is 5.26 Å². The zero-order valence-corrected chi connectivity index (χ0v) is 38.4. The van der Waals surface area contributed by atoms with E-state index in [1.807, 2.05) is 24.4 Å². The summed E-state index contributed by atoms with van der Waals surface area (Å²) in [7, 11) is 0. The first-order valence-electron chi connectivity index (χ1n) is 23.2. The van der Waals surface area contributed by atoms with Crippen LogP contribution in [0.15, 0.2) is 206 Å². The number of rotatable bonds is 7. The third-order valence-corrected chi connectivity index (χ3v) is 13.6. The van der Waals surface area contributed by atoms with E-state index in [1.165, 1.54) is 44.5 Å². The standard InChI is InChI=1S/C64H46N4/c1-40-11-7-16-44(29-40)48-21-25-59-54(33-48)55-34-49(45-17-8-12-41(2)30-45)22-26-60(55)67(59)63-39-66-64(37-58(63)53-20-6-5-15-52(53)38-65)68-61-27-23-50(46-18-9-13-42(3)31-46)35-56(61)57-36-51(24-28-62(57)68)47-19-10-14-43(4)32-47/h5-37,39H,1-4H3.